The molecule has 1 atom stereocenters. The van der Waals surface area contributed by atoms with Crippen LogP contribution in [0.1, 0.15) is 29.9 Å². The van der Waals surface area contributed by atoms with E-state index in [0.717, 1.165) is 23.7 Å². The fourth-order valence-corrected chi connectivity index (χ4v) is 3.07. The van der Waals surface area contributed by atoms with Crippen LogP contribution in [0.4, 0.5) is 0 Å². The third-order valence-electron chi connectivity index (χ3n) is 2.88. The molecule has 94 valence electrons. The summed E-state index contributed by atoms with van der Waals surface area (Å²) in [5, 5.41) is 19.2. The molecule has 1 aromatic heterocycles. The predicted molar refractivity (Wildman–Crippen MR) is 67.2 cm³/mol. The van der Waals surface area contributed by atoms with Crippen LogP contribution >= 0.6 is 11.8 Å². The maximum absolute atomic E-state index is 9.38. The number of hydrogen-bond acceptors (Lipinski definition) is 5. The summed E-state index contributed by atoms with van der Waals surface area (Å²) < 4.78 is 0. The van der Waals surface area contributed by atoms with Gasteiger partial charge in [-0.1, -0.05) is 0 Å². The second-order valence-corrected chi connectivity index (χ2v) is 5.36. The van der Waals surface area contributed by atoms with Gasteiger partial charge in [0, 0.05) is 17.0 Å². The quantitative estimate of drug-likeness (QED) is 0.622. The topological polar surface area (TPSA) is 66.2 Å². The van der Waals surface area contributed by atoms with Crippen molar-refractivity contribution in [1.82, 2.24) is 9.97 Å². The van der Waals surface area contributed by atoms with Crippen LogP contribution < -0.4 is 0 Å². The average molecular weight is 254 g/mol. The van der Waals surface area contributed by atoms with Crippen molar-refractivity contribution in [2.45, 2.75) is 43.7 Å². The highest BCUT2D eigenvalue weighted by Crippen LogP contribution is 2.28. The van der Waals surface area contributed by atoms with Gasteiger partial charge in [0.1, 0.15) is 10.9 Å². The summed E-state index contributed by atoms with van der Waals surface area (Å²) in [7, 11) is 0. The first kappa shape index (κ1) is 12.8. The first-order valence-corrected chi connectivity index (χ1v) is 6.97. The summed E-state index contributed by atoms with van der Waals surface area (Å²) in [6.07, 6.45) is 3.79. The number of aliphatic hydroxyl groups excluding tert-OH is 2. The molecule has 0 fully saturated rings. The molecular weight excluding hydrogens is 236 g/mol. The summed E-state index contributed by atoms with van der Waals surface area (Å²) in [6, 6.07) is 0. The van der Waals surface area contributed by atoms with Crippen molar-refractivity contribution in [3.8, 4) is 0 Å². The fraction of sp³-hybridized carbons (Fsp3) is 0.667. The minimum absolute atomic E-state index is 0.195. The van der Waals surface area contributed by atoms with Gasteiger partial charge >= 0.3 is 0 Å². The molecule has 0 spiro atoms. The van der Waals surface area contributed by atoms with Gasteiger partial charge in [0.15, 0.2) is 0 Å². The largest absolute Gasteiger partial charge is 0.394 e. The Morgan fingerprint density at radius 1 is 1.29 bits per heavy atom. The monoisotopic (exact) mass is 254 g/mol. The van der Waals surface area contributed by atoms with E-state index in [9.17, 15) is 5.11 Å². The smallest absolute Gasteiger partial charge is 0.126 e. The van der Waals surface area contributed by atoms with Crippen LogP contribution in [0, 0.1) is 6.92 Å². The van der Waals surface area contributed by atoms with Gasteiger partial charge < -0.3 is 10.2 Å². The summed E-state index contributed by atoms with van der Waals surface area (Å²) in [5.74, 6) is 1.28. The van der Waals surface area contributed by atoms with E-state index in [1.165, 1.54) is 35.9 Å². The van der Waals surface area contributed by atoms with E-state index in [2.05, 4.69) is 9.97 Å². The van der Waals surface area contributed by atoms with Crippen molar-refractivity contribution in [2.24, 2.45) is 0 Å². The number of fused-ring (bicyclic) bond motifs is 1. The van der Waals surface area contributed by atoms with Crippen LogP contribution in [0.5, 0.6) is 0 Å². The van der Waals surface area contributed by atoms with Gasteiger partial charge in [-0.2, -0.15) is 0 Å². The first-order chi connectivity index (χ1) is 8.20. The van der Waals surface area contributed by atoms with E-state index in [4.69, 9.17) is 5.11 Å². The Balaban J connectivity index is 2.17. The molecule has 17 heavy (non-hydrogen) atoms. The number of nitrogens with zero attached hydrogens (tertiary/aromatic N) is 2. The highest BCUT2D eigenvalue weighted by atomic mass is 32.2. The Morgan fingerprint density at radius 2 is 2.06 bits per heavy atom. The SMILES string of the molecule is Cc1nc2c(c(SC[C@H](O)CO)n1)CCCC2. The number of aliphatic hydroxyl groups is 2. The molecule has 0 amide bonds. The molecular formula is C12H18N2O2S. The van der Waals surface area contributed by atoms with Gasteiger partial charge in [-0.15, -0.1) is 11.8 Å². The molecule has 1 aliphatic carbocycles. The second kappa shape index (κ2) is 5.80. The molecule has 0 unspecified atom stereocenters. The lowest BCUT2D eigenvalue weighted by Crippen LogP contribution is -2.16. The Kier molecular flexibility index (Phi) is 4.36. The molecule has 4 nitrogen and oxygen atoms in total. The van der Waals surface area contributed by atoms with Gasteiger partial charge in [-0.3, -0.25) is 0 Å². The maximum Gasteiger partial charge on any atom is 0.126 e. The third-order valence-corrected chi connectivity index (χ3v) is 4.04. The molecule has 1 heterocycles. The zero-order valence-corrected chi connectivity index (χ0v) is 10.8. The van der Waals surface area contributed by atoms with Crippen molar-refractivity contribution >= 4 is 11.8 Å². The van der Waals surface area contributed by atoms with Crippen LogP contribution in [0.25, 0.3) is 0 Å². The summed E-state index contributed by atoms with van der Waals surface area (Å²) in [6.45, 7) is 1.71. The van der Waals surface area contributed by atoms with Gasteiger partial charge in [0.05, 0.1) is 12.7 Å². The number of thioether (sulfide) groups is 1. The van der Waals surface area contributed by atoms with E-state index in [1.807, 2.05) is 6.92 Å². The average Bonchev–Trinajstić information content (AvgIpc) is 2.35. The lowest BCUT2D eigenvalue weighted by atomic mass is 9.97. The van der Waals surface area contributed by atoms with Gasteiger partial charge in [-0.05, 0) is 32.6 Å². The van der Waals surface area contributed by atoms with E-state index >= 15 is 0 Å². The Hall–Kier alpha value is -0.650. The molecule has 0 aromatic carbocycles. The van der Waals surface area contributed by atoms with Crippen molar-refractivity contribution in [3.05, 3.63) is 17.1 Å². The fourth-order valence-electron chi connectivity index (χ4n) is 2.03. The predicted octanol–water partition coefficient (Wildman–Crippen LogP) is 1.11. The van der Waals surface area contributed by atoms with Crippen molar-refractivity contribution in [3.63, 3.8) is 0 Å². The highest BCUT2D eigenvalue weighted by molar-refractivity contribution is 7.99. The van der Waals surface area contributed by atoms with Crippen molar-refractivity contribution in [2.75, 3.05) is 12.4 Å². The number of rotatable bonds is 4. The van der Waals surface area contributed by atoms with Crippen LogP contribution in [-0.4, -0.2) is 38.6 Å². The molecule has 5 heteroatoms. The minimum atomic E-state index is -0.672. The zero-order chi connectivity index (χ0) is 12.3. The molecule has 0 saturated heterocycles. The third kappa shape index (κ3) is 3.18. The highest BCUT2D eigenvalue weighted by Gasteiger charge is 2.17. The zero-order valence-electron chi connectivity index (χ0n) is 10.0. The van der Waals surface area contributed by atoms with Gasteiger partial charge in [0.2, 0.25) is 0 Å². The first-order valence-electron chi connectivity index (χ1n) is 5.99. The lowest BCUT2D eigenvalue weighted by molar-refractivity contribution is 0.113. The lowest BCUT2D eigenvalue weighted by Gasteiger charge is -2.18. The second-order valence-electron chi connectivity index (χ2n) is 4.36. The molecule has 1 aromatic rings. The van der Waals surface area contributed by atoms with Crippen molar-refractivity contribution in [1.29, 1.82) is 0 Å². The number of aromatic nitrogens is 2. The van der Waals surface area contributed by atoms with Crippen molar-refractivity contribution < 1.29 is 10.2 Å². The normalized spacial score (nSPS) is 16.6. The summed E-state index contributed by atoms with van der Waals surface area (Å²) in [5.41, 5.74) is 2.42. The Bertz CT molecular complexity index is 398. The summed E-state index contributed by atoms with van der Waals surface area (Å²) >= 11 is 1.52. The maximum atomic E-state index is 9.38. The van der Waals surface area contributed by atoms with Gasteiger partial charge in [0.25, 0.3) is 0 Å². The molecule has 1 aliphatic rings. The van der Waals surface area contributed by atoms with Crippen LogP contribution in [0.2, 0.25) is 0 Å². The number of aryl methyl sites for hydroxylation is 2. The van der Waals surface area contributed by atoms with E-state index in [0.29, 0.717) is 5.75 Å². The molecule has 2 rings (SSSR count). The minimum Gasteiger partial charge on any atom is -0.394 e. The van der Waals surface area contributed by atoms with Crippen LogP contribution in [-0.2, 0) is 12.8 Å². The van der Waals surface area contributed by atoms with Gasteiger partial charge in [-0.25, -0.2) is 9.97 Å². The van der Waals surface area contributed by atoms with Crippen LogP contribution in [0.3, 0.4) is 0 Å². The standard InChI is InChI=1S/C12H18N2O2S/c1-8-13-11-5-3-2-4-10(11)12(14-8)17-7-9(16)6-15/h9,15-16H,2-7H2,1H3/t9-/m1/s1. The molecule has 0 aliphatic heterocycles. The Morgan fingerprint density at radius 3 is 2.82 bits per heavy atom. The molecule has 0 radical (unpaired) electrons. The summed E-state index contributed by atoms with van der Waals surface area (Å²) in [4.78, 5) is 8.94. The van der Waals surface area contributed by atoms with E-state index in [-0.39, 0.29) is 6.61 Å². The molecule has 2 N–H and O–H groups in total. The van der Waals surface area contributed by atoms with E-state index in [1.54, 1.807) is 0 Å². The van der Waals surface area contributed by atoms with E-state index < -0.39 is 6.10 Å². The Labute approximate surface area is 105 Å². The molecule has 0 saturated carbocycles. The molecule has 0 bridgehead atoms. The van der Waals surface area contributed by atoms with Crippen LogP contribution in [0.15, 0.2) is 5.03 Å². The number of hydrogen-bond donors (Lipinski definition) is 2.